The van der Waals surface area contributed by atoms with Gasteiger partial charge in [0.15, 0.2) is 0 Å². The molecule has 2 aromatic rings. The molecule has 1 atom stereocenters. The van der Waals surface area contributed by atoms with Crippen molar-refractivity contribution in [2.45, 2.75) is 25.8 Å². The molecular weight excluding hydrogens is 300 g/mol. The van der Waals surface area contributed by atoms with Gasteiger partial charge in [-0.05, 0) is 48.6 Å². The van der Waals surface area contributed by atoms with Crippen LogP contribution in [0.3, 0.4) is 0 Å². The Bertz CT molecular complexity index is 695. The molecule has 4 nitrogen and oxygen atoms in total. The molecule has 0 unspecified atom stereocenters. The SMILES string of the molecule is COc1ccc(CN(C(=O)C[C@H]2C=CCC2)c2ccncc2)cc1. The third kappa shape index (κ3) is 4.02. The number of ether oxygens (including phenoxy) is 1. The number of hydrogen-bond donors (Lipinski definition) is 0. The number of aromatic nitrogens is 1. The summed E-state index contributed by atoms with van der Waals surface area (Å²) < 4.78 is 5.20. The van der Waals surface area contributed by atoms with E-state index in [2.05, 4.69) is 17.1 Å². The molecule has 1 aliphatic carbocycles. The van der Waals surface area contributed by atoms with Crippen LogP contribution in [0.25, 0.3) is 0 Å². The average molecular weight is 322 g/mol. The molecule has 0 radical (unpaired) electrons. The maximum Gasteiger partial charge on any atom is 0.227 e. The van der Waals surface area contributed by atoms with Crippen molar-refractivity contribution in [1.29, 1.82) is 0 Å². The van der Waals surface area contributed by atoms with Gasteiger partial charge in [0.2, 0.25) is 5.91 Å². The minimum atomic E-state index is 0.147. The van der Waals surface area contributed by atoms with Crippen LogP contribution in [-0.4, -0.2) is 18.0 Å². The first-order valence-electron chi connectivity index (χ1n) is 8.26. The maximum atomic E-state index is 12.9. The van der Waals surface area contributed by atoms with Crippen LogP contribution in [0.2, 0.25) is 0 Å². The van der Waals surface area contributed by atoms with E-state index in [1.165, 1.54) is 0 Å². The Morgan fingerprint density at radius 3 is 2.58 bits per heavy atom. The first kappa shape index (κ1) is 16.2. The summed E-state index contributed by atoms with van der Waals surface area (Å²) in [7, 11) is 1.65. The molecule has 0 N–H and O–H groups in total. The number of nitrogens with zero attached hydrogens (tertiary/aromatic N) is 2. The predicted molar refractivity (Wildman–Crippen MR) is 94.9 cm³/mol. The van der Waals surface area contributed by atoms with E-state index in [0.717, 1.165) is 29.8 Å². The fourth-order valence-electron chi connectivity index (χ4n) is 2.96. The molecule has 0 saturated carbocycles. The molecule has 1 amide bonds. The van der Waals surface area contributed by atoms with Crippen LogP contribution in [0.5, 0.6) is 5.75 Å². The van der Waals surface area contributed by atoms with E-state index in [9.17, 15) is 4.79 Å². The van der Waals surface area contributed by atoms with Gasteiger partial charge in [-0.15, -0.1) is 0 Å². The van der Waals surface area contributed by atoms with Crippen LogP contribution in [0.1, 0.15) is 24.8 Å². The van der Waals surface area contributed by atoms with Crippen molar-refractivity contribution in [1.82, 2.24) is 4.98 Å². The van der Waals surface area contributed by atoms with Crippen molar-refractivity contribution in [3.05, 3.63) is 66.5 Å². The Morgan fingerprint density at radius 2 is 1.96 bits per heavy atom. The molecular formula is C20H22N2O2. The molecule has 124 valence electrons. The molecule has 24 heavy (non-hydrogen) atoms. The fourth-order valence-corrected chi connectivity index (χ4v) is 2.96. The standard InChI is InChI=1S/C20H22N2O2/c1-24-19-8-6-17(7-9-19)15-22(18-10-12-21-13-11-18)20(23)14-16-4-2-3-5-16/h2,4,6-13,16H,3,5,14-15H2,1H3/t16-/m0/s1. The van der Waals surface area contributed by atoms with Gasteiger partial charge in [-0.2, -0.15) is 0 Å². The lowest BCUT2D eigenvalue weighted by Gasteiger charge is -2.24. The quantitative estimate of drug-likeness (QED) is 0.756. The smallest absolute Gasteiger partial charge is 0.227 e. The van der Waals surface area contributed by atoms with Gasteiger partial charge in [0.05, 0.1) is 13.7 Å². The van der Waals surface area contributed by atoms with Gasteiger partial charge < -0.3 is 9.64 Å². The summed E-state index contributed by atoms with van der Waals surface area (Å²) in [6.07, 6.45) is 10.5. The maximum absolute atomic E-state index is 12.9. The van der Waals surface area contributed by atoms with Gasteiger partial charge in [-0.3, -0.25) is 9.78 Å². The van der Waals surface area contributed by atoms with Crippen LogP contribution in [0.15, 0.2) is 60.9 Å². The summed E-state index contributed by atoms with van der Waals surface area (Å²) in [6.45, 7) is 0.545. The van der Waals surface area contributed by atoms with Gasteiger partial charge in [0.25, 0.3) is 0 Å². The monoisotopic (exact) mass is 322 g/mol. The Kier molecular flexibility index (Phi) is 5.26. The van der Waals surface area contributed by atoms with E-state index in [1.807, 2.05) is 41.3 Å². The highest BCUT2D eigenvalue weighted by Gasteiger charge is 2.21. The predicted octanol–water partition coefficient (Wildman–Crippen LogP) is 3.98. The van der Waals surface area contributed by atoms with Gasteiger partial charge in [-0.25, -0.2) is 0 Å². The topological polar surface area (TPSA) is 42.4 Å². The van der Waals surface area contributed by atoms with E-state index in [-0.39, 0.29) is 5.91 Å². The summed E-state index contributed by atoms with van der Waals surface area (Å²) >= 11 is 0. The van der Waals surface area contributed by atoms with E-state index < -0.39 is 0 Å². The van der Waals surface area contributed by atoms with E-state index in [0.29, 0.717) is 18.9 Å². The molecule has 1 aromatic heterocycles. The normalized spacial score (nSPS) is 16.1. The molecule has 0 spiro atoms. The summed E-state index contributed by atoms with van der Waals surface area (Å²) in [5.41, 5.74) is 1.95. The lowest BCUT2D eigenvalue weighted by Crippen LogP contribution is -2.31. The fraction of sp³-hybridized carbons (Fsp3) is 0.300. The van der Waals surface area contributed by atoms with E-state index >= 15 is 0 Å². The molecule has 1 aromatic carbocycles. The average Bonchev–Trinajstić information content (AvgIpc) is 3.14. The Labute approximate surface area is 142 Å². The molecule has 0 saturated heterocycles. The zero-order valence-electron chi connectivity index (χ0n) is 13.9. The number of allylic oxidation sites excluding steroid dienone is 2. The number of methoxy groups -OCH3 is 1. The van der Waals surface area contributed by atoms with Crippen LogP contribution in [0, 0.1) is 5.92 Å². The van der Waals surface area contributed by atoms with Crippen LogP contribution < -0.4 is 9.64 Å². The zero-order chi connectivity index (χ0) is 16.8. The zero-order valence-corrected chi connectivity index (χ0v) is 13.9. The minimum absolute atomic E-state index is 0.147. The van der Waals surface area contributed by atoms with Crippen molar-refractivity contribution >= 4 is 11.6 Å². The second-order valence-electron chi connectivity index (χ2n) is 6.00. The highest BCUT2D eigenvalue weighted by Crippen LogP contribution is 2.25. The summed E-state index contributed by atoms with van der Waals surface area (Å²) in [4.78, 5) is 18.8. The van der Waals surface area contributed by atoms with Crippen LogP contribution in [-0.2, 0) is 11.3 Å². The van der Waals surface area contributed by atoms with Crippen molar-refractivity contribution in [3.63, 3.8) is 0 Å². The van der Waals surface area contributed by atoms with Crippen molar-refractivity contribution in [2.75, 3.05) is 12.0 Å². The Morgan fingerprint density at radius 1 is 1.21 bits per heavy atom. The summed E-state index contributed by atoms with van der Waals surface area (Å²) in [6, 6.07) is 11.6. The second-order valence-corrected chi connectivity index (χ2v) is 6.00. The first-order chi connectivity index (χ1) is 11.8. The van der Waals surface area contributed by atoms with Crippen molar-refractivity contribution in [2.24, 2.45) is 5.92 Å². The summed E-state index contributed by atoms with van der Waals surface area (Å²) in [5, 5.41) is 0. The first-order valence-corrected chi connectivity index (χ1v) is 8.26. The third-order valence-corrected chi connectivity index (χ3v) is 4.32. The van der Waals surface area contributed by atoms with Gasteiger partial charge in [-0.1, -0.05) is 24.3 Å². The molecule has 1 aliphatic rings. The minimum Gasteiger partial charge on any atom is -0.497 e. The number of carbonyl (C=O) groups excluding carboxylic acids is 1. The van der Waals surface area contributed by atoms with Crippen molar-refractivity contribution in [3.8, 4) is 5.75 Å². The molecule has 0 bridgehead atoms. The number of rotatable bonds is 6. The lowest BCUT2D eigenvalue weighted by atomic mass is 10.0. The van der Waals surface area contributed by atoms with E-state index in [4.69, 9.17) is 4.74 Å². The number of carbonyl (C=O) groups is 1. The second kappa shape index (κ2) is 7.77. The van der Waals surface area contributed by atoms with Crippen LogP contribution in [0.4, 0.5) is 5.69 Å². The number of benzene rings is 1. The molecule has 1 heterocycles. The number of anilines is 1. The Hall–Kier alpha value is -2.62. The number of hydrogen-bond acceptors (Lipinski definition) is 3. The van der Waals surface area contributed by atoms with Gasteiger partial charge >= 0.3 is 0 Å². The highest BCUT2D eigenvalue weighted by atomic mass is 16.5. The molecule has 4 heteroatoms. The largest absolute Gasteiger partial charge is 0.497 e. The van der Waals surface area contributed by atoms with Crippen LogP contribution >= 0.6 is 0 Å². The Balaban J connectivity index is 1.78. The molecule has 0 fully saturated rings. The molecule has 3 rings (SSSR count). The lowest BCUT2D eigenvalue weighted by molar-refractivity contribution is -0.119. The van der Waals surface area contributed by atoms with Gasteiger partial charge in [0, 0.05) is 24.5 Å². The molecule has 0 aliphatic heterocycles. The summed E-state index contributed by atoms with van der Waals surface area (Å²) in [5.74, 6) is 1.32. The van der Waals surface area contributed by atoms with Crippen molar-refractivity contribution < 1.29 is 9.53 Å². The number of amides is 1. The number of pyridine rings is 1. The third-order valence-electron chi connectivity index (χ3n) is 4.32. The van der Waals surface area contributed by atoms with E-state index in [1.54, 1.807) is 19.5 Å². The van der Waals surface area contributed by atoms with Gasteiger partial charge in [0.1, 0.15) is 5.75 Å². The highest BCUT2D eigenvalue weighted by molar-refractivity contribution is 5.93.